The molecule has 4 rings (SSSR count). The largest absolute Gasteiger partial charge is 0.478 e. The van der Waals surface area contributed by atoms with Crippen LogP contribution in [0.3, 0.4) is 0 Å². The molecule has 0 aromatic heterocycles. The monoisotopic (exact) mass is 293 g/mol. The Balaban J connectivity index is 1.73. The maximum Gasteiger partial charge on any atom is 0.335 e. The number of carboxylic acids is 1. The average molecular weight is 293 g/mol. The third-order valence-electron chi connectivity index (χ3n) is 4.68. The van der Waals surface area contributed by atoms with Crippen LogP contribution in [0.1, 0.15) is 39.1 Å². The van der Waals surface area contributed by atoms with Crippen molar-refractivity contribution in [3.05, 3.63) is 65.2 Å². The molecule has 2 aromatic carbocycles. The van der Waals surface area contributed by atoms with Gasteiger partial charge in [0.1, 0.15) is 0 Å². The van der Waals surface area contributed by atoms with Crippen LogP contribution in [-0.2, 0) is 5.41 Å². The number of carbonyl (C=O) groups is 2. The smallest absolute Gasteiger partial charge is 0.335 e. The number of carbonyl (C=O) groups excluding carboxylic acids is 1. The molecule has 1 fully saturated rings. The fraction of sp³-hybridized carbons (Fsp3) is 0.222. The van der Waals surface area contributed by atoms with Crippen molar-refractivity contribution in [1.29, 1.82) is 0 Å². The summed E-state index contributed by atoms with van der Waals surface area (Å²) in [5.41, 5.74) is 2.91. The van der Waals surface area contributed by atoms with E-state index < -0.39 is 5.97 Å². The minimum atomic E-state index is -1.02. The molecular formula is C18H15NO3. The summed E-state index contributed by atoms with van der Waals surface area (Å²) in [6.45, 7) is 0.697. The summed E-state index contributed by atoms with van der Waals surface area (Å²) in [6, 6.07) is 14.3. The summed E-state index contributed by atoms with van der Waals surface area (Å²) in [7, 11) is 0. The number of benzene rings is 2. The van der Waals surface area contributed by atoms with E-state index >= 15 is 0 Å². The molecule has 1 saturated carbocycles. The molecule has 1 amide bonds. The number of hydrogen-bond donors (Lipinski definition) is 1. The van der Waals surface area contributed by atoms with Crippen molar-refractivity contribution >= 4 is 17.6 Å². The van der Waals surface area contributed by atoms with Gasteiger partial charge >= 0.3 is 5.97 Å². The maximum absolute atomic E-state index is 12.8. The first-order valence-corrected chi connectivity index (χ1v) is 7.35. The van der Waals surface area contributed by atoms with Crippen LogP contribution in [0.15, 0.2) is 48.5 Å². The van der Waals surface area contributed by atoms with Gasteiger partial charge in [0, 0.05) is 23.2 Å². The minimum Gasteiger partial charge on any atom is -0.478 e. The van der Waals surface area contributed by atoms with E-state index in [0.717, 1.165) is 18.5 Å². The molecule has 22 heavy (non-hydrogen) atoms. The Bertz CT molecular complexity index is 792. The third-order valence-corrected chi connectivity index (χ3v) is 4.68. The number of aromatic carboxylic acids is 1. The Morgan fingerprint density at radius 1 is 1.00 bits per heavy atom. The van der Waals surface area contributed by atoms with Gasteiger partial charge in [0.15, 0.2) is 0 Å². The van der Waals surface area contributed by atoms with Crippen LogP contribution in [0.5, 0.6) is 0 Å². The van der Waals surface area contributed by atoms with E-state index in [-0.39, 0.29) is 16.9 Å². The van der Waals surface area contributed by atoms with E-state index in [0.29, 0.717) is 12.1 Å². The molecule has 1 aliphatic heterocycles. The highest BCUT2D eigenvalue weighted by Crippen LogP contribution is 2.56. The van der Waals surface area contributed by atoms with Gasteiger partial charge in [-0.1, -0.05) is 24.3 Å². The Labute approximate surface area is 128 Å². The van der Waals surface area contributed by atoms with E-state index in [2.05, 4.69) is 6.07 Å². The van der Waals surface area contributed by atoms with Gasteiger partial charge in [0.25, 0.3) is 5.91 Å². The van der Waals surface area contributed by atoms with E-state index in [1.807, 2.05) is 18.2 Å². The molecule has 1 heterocycles. The van der Waals surface area contributed by atoms with Gasteiger partial charge in [-0.2, -0.15) is 0 Å². The zero-order valence-electron chi connectivity index (χ0n) is 12.0. The topological polar surface area (TPSA) is 57.6 Å². The van der Waals surface area contributed by atoms with Crippen molar-refractivity contribution in [1.82, 2.24) is 0 Å². The Kier molecular flexibility index (Phi) is 2.64. The van der Waals surface area contributed by atoms with Gasteiger partial charge in [-0.3, -0.25) is 4.79 Å². The second kappa shape index (κ2) is 4.44. The molecular weight excluding hydrogens is 278 g/mol. The van der Waals surface area contributed by atoms with Crippen LogP contribution in [0, 0.1) is 0 Å². The second-order valence-corrected chi connectivity index (χ2v) is 6.07. The Morgan fingerprint density at radius 2 is 1.73 bits per heavy atom. The first-order valence-electron chi connectivity index (χ1n) is 7.35. The predicted octanol–water partition coefficient (Wildman–Crippen LogP) is 3.08. The van der Waals surface area contributed by atoms with Crippen LogP contribution in [0.2, 0.25) is 0 Å². The molecule has 0 radical (unpaired) electrons. The molecule has 0 saturated heterocycles. The molecule has 1 N–H and O–H groups in total. The van der Waals surface area contributed by atoms with Crippen molar-refractivity contribution < 1.29 is 14.7 Å². The molecule has 0 atom stereocenters. The van der Waals surface area contributed by atoms with Gasteiger partial charge in [0.05, 0.1) is 5.56 Å². The summed E-state index contributed by atoms with van der Waals surface area (Å²) >= 11 is 0. The quantitative estimate of drug-likeness (QED) is 0.925. The molecule has 0 unspecified atom stereocenters. The van der Waals surface area contributed by atoms with Crippen molar-refractivity contribution in [2.75, 3.05) is 11.4 Å². The number of nitrogens with zero attached hydrogens (tertiary/aromatic N) is 1. The first-order chi connectivity index (χ1) is 10.6. The molecule has 2 aliphatic rings. The summed E-state index contributed by atoms with van der Waals surface area (Å²) in [5.74, 6) is -1.14. The normalized spacial score (nSPS) is 17.4. The Hall–Kier alpha value is -2.62. The number of para-hydroxylation sites is 1. The molecule has 4 nitrogen and oxygen atoms in total. The zero-order chi connectivity index (χ0) is 15.3. The molecule has 2 aromatic rings. The van der Waals surface area contributed by atoms with Crippen LogP contribution in [-0.4, -0.2) is 23.5 Å². The fourth-order valence-electron chi connectivity index (χ4n) is 3.33. The van der Waals surface area contributed by atoms with Gasteiger partial charge in [0.2, 0.25) is 0 Å². The molecule has 4 heteroatoms. The summed E-state index contributed by atoms with van der Waals surface area (Å²) in [5, 5.41) is 9.08. The number of amides is 1. The zero-order valence-corrected chi connectivity index (χ0v) is 12.0. The lowest BCUT2D eigenvalue weighted by Gasteiger charge is -2.18. The summed E-state index contributed by atoms with van der Waals surface area (Å²) < 4.78 is 0. The lowest BCUT2D eigenvalue weighted by Crippen LogP contribution is -2.31. The van der Waals surface area contributed by atoms with Crippen LogP contribution >= 0.6 is 0 Å². The number of anilines is 1. The van der Waals surface area contributed by atoms with E-state index in [4.69, 9.17) is 5.11 Å². The van der Waals surface area contributed by atoms with Crippen LogP contribution in [0.4, 0.5) is 5.69 Å². The fourth-order valence-corrected chi connectivity index (χ4v) is 3.33. The minimum absolute atomic E-state index is 0.126. The standard InChI is InChI=1S/C18H15NO3/c20-16(12-4-3-5-13(10-12)17(21)22)19-11-18(8-9-18)14-6-1-2-7-15(14)19/h1-7,10H,8-9,11H2,(H,21,22). The Morgan fingerprint density at radius 3 is 2.45 bits per heavy atom. The highest BCUT2D eigenvalue weighted by atomic mass is 16.4. The lowest BCUT2D eigenvalue weighted by atomic mass is 9.99. The van der Waals surface area contributed by atoms with Crippen molar-refractivity contribution in [3.8, 4) is 0 Å². The predicted molar refractivity (Wildman–Crippen MR) is 82.4 cm³/mol. The molecule has 0 bridgehead atoms. The molecule has 1 aliphatic carbocycles. The van der Waals surface area contributed by atoms with Gasteiger partial charge in [-0.25, -0.2) is 4.79 Å². The molecule has 110 valence electrons. The number of rotatable bonds is 2. The highest BCUT2D eigenvalue weighted by Gasteiger charge is 2.52. The van der Waals surface area contributed by atoms with Gasteiger partial charge in [-0.05, 0) is 42.7 Å². The van der Waals surface area contributed by atoms with Crippen molar-refractivity contribution in [3.63, 3.8) is 0 Å². The third kappa shape index (κ3) is 1.84. The van der Waals surface area contributed by atoms with E-state index in [1.165, 1.54) is 17.7 Å². The van der Waals surface area contributed by atoms with Crippen molar-refractivity contribution in [2.24, 2.45) is 0 Å². The SMILES string of the molecule is O=C(O)c1cccc(C(=O)N2CC3(CC3)c3ccccc32)c1. The van der Waals surface area contributed by atoms with E-state index in [1.54, 1.807) is 17.0 Å². The summed E-state index contributed by atoms with van der Waals surface area (Å²) in [6.07, 6.45) is 2.23. The lowest BCUT2D eigenvalue weighted by molar-refractivity contribution is 0.0697. The highest BCUT2D eigenvalue weighted by molar-refractivity contribution is 6.08. The second-order valence-electron chi connectivity index (χ2n) is 6.07. The number of hydrogen-bond acceptors (Lipinski definition) is 2. The first kappa shape index (κ1) is 13.1. The molecule has 1 spiro atoms. The van der Waals surface area contributed by atoms with Gasteiger partial charge in [-0.15, -0.1) is 0 Å². The van der Waals surface area contributed by atoms with Crippen LogP contribution in [0.25, 0.3) is 0 Å². The van der Waals surface area contributed by atoms with E-state index in [9.17, 15) is 9.59 Å². The number of fused-ring (bicyclic) bond motifs is 2. The maximum atomic E-state index is 12.8. The van der Waals surface area contributed by atoms with Crippen LogP contribution < -0.4 is 4.90 Å². The average Bonchev–Trinajstić information content (AvgIpc) is 3.25. The summed E-state index contributed by atoms with van der Waals surface area (Å²) in [4.78, 5) is 25.7. The van der Waals surface area contributed by atoms with Crippen molar-refractivity contribution in [2.45, 2.75) is 18.3 Å². The van der Waals surface area contributed by atoms with Gasteiger partial charge < -0.3 is 10.0 Å². The number of carboxylic acid groups (broad SMARTS) is 1.